The Morgan fingerprint density at radius 1 is 0.724 bits per heavy atom. The molecule has 0 aromatic heterocycles. The van der Waals surface area contributed by atoms with Gasteiger partial charge in [0.15, 0.2) is 0 Å². The monoisotopic (exact) mass is 802 g/mol. The quantitative estimate of drug-likeness (QED) is 0.0433. The van der Waals surface area contributed by atoms with Crippen molar-refractivity contribution in [2.75, 3.05) is 34.0 Å². The third-order valence-corrected chi connectivity index (χ3v) is 12.4. The molecule has 0 saturated carbocycles. The fraction of sp³-hybridized carbons (Fsp3) is 0.354. The van der Waals surface area contributed by atoms with E-state index in [0.717, 1.165) is 44.9 Å². The molecule has 5 aromatic rings. The number of hydrogen-bond acceptors (Lipinski definition) is 9. The first-order chi connectivity index (χ1) is 28.3. The molecule has 4 atom stereocenters. The van der Waals surface area contributed by atoms with E-state index in [2.05, 4.69) is 87.0 Å². The molecule has 304 valence electrons. The van der Waals surface area contributed by atoms with Gasteiger partial charge in [0.2, 0.25) is 0 Å². The van der Waals surface area contributed by atoms with Gasteiger partial charge in [-0.3, -0.25) is 0 Å². The SMILES string of the molecule is COc1ccc(C(OC[C@H]2OC[C@H](OCc3ccc(-c4ccccc4)cc3)[C@@H]2OP(OCCC#N)N(C(C)C)C(C)C)(c2ccccc2)c2ccc(OC)cc2)cc1. The minimum Gasteiger partial charge on any atom is -0.497 e. The van der Waals surface area contributed by atoms with E-state index in [9.17, 15) is 5.26 Å². The molecule has 0 amide bonds. The van der Waals surface area contributed by atoms with E-state index in [1.54, 1.807) is 14.2 Å². The van der Waals surface area contributed by atoms with Crippen LogP contribution < -0.4 is 9.47 Å². The summed E-state index contributed by atoms with van der Waals surface area (Å²) in [4.78, 5) is 0. The summed E-state index contributed by atoms with van der Waals surface area (Å²) in [5.74, 6) is 1.49. The molecule has 9 nitrogen and oxygen atoms in total. The molecule has 0 bridgehead atoms. The molecule has 0 aliphatic carbocycles. The maximum Gasteiger partial charge on any atom is 0.259 e. The van der Waals surface area contributed by atoms with E-state index in [0.29, 0.717) is 13.2 Å². The lowest BCUT2D eigenvalue weighted by Crippen LogP contribution is -2.42. The Kier molecular flexibility index (Phi) is 15.5. The number of rotatable bonds is 20. The Labute approximate surface area is 345 Å². The zero-order valence-electron chi connectivity index (χ0n) is 34.3. The van der Waals surface area contributed by atoms with Gasteiger partial charge in [0.1, 0.15) is 35.4 Å². The lowest BCUT2D eigenvalue weighted by Gasteiger charge is -2.39. The van der Waals surface area contributed by atoms with Gasteiger partial charge in [-0.05, 0) is 85.3 Å². The van der Waals surface area contributed by atoms with Crippen LogP contribution in [0.4, 0.5) is 0 Å². The van der Waals surface area contributed by atoms with Crippen LogP contribution in [0.1, 0.15) is 56.4 Å². The minimum atomic E-state index is -1.62. The van der Waals surface area contributed by atoms with Crippen molar-refractivity contribution in [3.05, 3.63) is 156 Å². The van der Waals surface area contributed by atoms with E-state index in [-0.39, 0.29) is 31.7 Å². The molecule has 1 unspecified atom stereocenters. The van der Waals surface area contributed by atoms with E-state index >= 15 is 0 Å². The number of hydrogen-bond donors (Lipinski definition) is 0. The van der Waals surface area contributed by atoms with Crippen molar-refractivity contribution in [1.29, 1.82) is 5.26 Å². The number of benzene rings is 5. The summed E-state index contributed by atoms with van der Waals surface area (Å²) in [6.45, 7) is 9.59. The van der Waals surface area contributed by atoms with Crippen molar-refractivity contribution in [1.82, 2.24) is 4.67 Å². The normalized spacial score (nSPS) is 17.4. The molecule has 0 spiro atoms. The topological polar surface area (TPSA) is 91.6 Å². The number of nitriles is 1. The molecule has 58 heavy (non-hydrogen) atoms. The van der Waals surface area contributed by atoms with Crippen molar-refractivity contribution in [2.45, 2.75) is 76.7 Å². The highest BCUT2D eigenvalue weighted by molar-refractivity contribution is 7.44. The fourth-order valence-electron chi connectivity index (χ4n) is 7.38. The van der Waals surface area contributed by atoms with E-state index in [1.165, 1.54) is 0 Å². The van der Waals surface area contributed by atoms with Crippen molar-refractivity contribution >= 4 is 8.53 Å². The highest BCUT2D eigenvalue weighted by Gasteiger charge is 2.46. The maximum atomic E-state index is 9.40. The Morgan fingerprint density at radius 2 is 1.26 bits per heavy atom. The molecule has 10 heteroatoms. The molecule has 0 radical (unpaired) electrons. The summed E-state index contributed by atoms with van der Waals surface area (Å²) in [5.41, 5.74) is 5.07. The molecule has 6 rings (SSSR count). The average Bonchev–Trinajstić information content (AvgIpc) is 3.64. The zero-order valence-corrected chi connectivity index (χ0v) is 35.2. The molecule has 5 aromatic carbocycles. The van der Waals surface area contributed by atoms with Crippen LogP contribution in [0.15, 0.2) is 133 Å². The van der Waals surface area contributed by atoms with Crippen molar-refractivity contribution in [3.63, 3.8) is 0 Å². The highest BCUT2D eigenvalue weighted by Crippen LogP contribution is 2.50. The van der Waals surface area contributed by atoms with Crippen molar-refractivity contribution < 1.29 is 32.7 Å². The van der Waals surface area contributed by atoms with Crippen LogP contribution >= 0.6 is 8.53 Å². The summed E-state index contributed by atoms with van der Waals surface area (Å²) in [6.07, 6.45) is -1.27. The van der Waals surface area contributed by atoms with Gasteiger partial charge in [0, 0.05) is 12.1 Å². The first-order valence-electron chi connectivity index (χ1n) is 19.9. The fourth-order valence-corrected chi connectivity index (χ4v) is 9.16. The molecule has 1 saturated heterocycles. The van der Waals surface area contributed by atoms with Gasteiger partial charge in [-0.1, -0.05) is 109 Å². The summed E-state index contributed by atoms with van der Waals surface area (Å²) in [6, 6.07) is 47.4. The lowest BCUT2D eigenvalue weighted by atomic mass is 9.80. The standard InChI is InChI=1S/C48H55N2O7P/c1-35(2)50(36(3)4)58(56-31-13-30-49)57-47-45(53-32-37-18-20-39(21-19-37)38-14-9-7-10-15-38)33-54-46(47)34-55-48(40-16-11-8-12-17-40,41-22-26-43(51-5)27-23-41)42-24-28-44(52-6)29-25-42/h7-12,14-29,35-36,45-47H,13,31-34H2,1-6H3/t45-,46+,47-,58?/m0/s1. The van der Waals surface area contributed by atoms with Crippen molar-refractivity contribution in [3.8, 4) is 28.7 Å². The van der Waals surface area contributed by atoms with Gasteiger partial charge in [-0.2, -0.15) is 5.26 Å². The molecule has 1 aliphatic heterocycles. The largest absolute Gasteiger partial charge is 0.497 e. The Hall–Kier alpha value is -4.62. The van der Waals surface area contributed by atoms with Crippen LogP contribution in [-0.2, 0) is 35.5 Å². The highest BCUT2D eigenvalue weighted by atomic mass is 31.2. The van der Waals surface area contributed by atoms with Gasteiger partial charge in [0.25, 0.3) is 8.53 Å². The van der Waals surface area contributed by atoms with Gasteiger partial charge >= 0.3 is 0 Å². The summed E-state index contributed by atoms with van der Waals surface area (Å²) >= 11 is 0. The van der Waals surface area contributed by atoms with Gasteiger partial charge in [-0.15, -0.1) is 0 Å². The smallest absolute Gasteiger partial charge is 0.259 e. The molecule has 0 N–H and O–H groups in total. The van der Waals surface area contributed by atoms with E-state index in [4.69, 9.17) is 32.7 Å². The van der Waals surface area contributed by atoms with Gasteiger partial charge in [-0.25, -0.2) is 4.67 Å². The summed E-state index contributed by atoms with van der Waals surface area (Å²) in [5, 5.41) is 9.40. The third-order valence-electron chi connectivity index (χ3n) is 10.2. The molecular weight excluding hydrogens is 748 g/mol. The first kappa shape index (κ1) is 43.0. The molecule has 1 aliphatic rings. The summed E-state index contributed by atoms with van der Waals surface area (Å²) in [7, 11) is 1.70. The van der Waals surface area contributed by atoms with E-state index in [1.807, 2.05) is 84.9 Å². The Morgan fingerprint density at radius 3 is 1.79 bits per heavy atom. The van der Waals surface area contributed by atoms with Crippen LogP contribution in [0.2, 0.25) is 0 Å². The first-order valence-corrected chi connectivity index (χ1v) is 21.0. The summed E-state index contributed by atoms with van der Waals surface area (Å²) < 4.78 is 47.5. The predicted molar refractivity (Wildman–Crippen MR) is 229 cm³/mol. The molecule has 1 heterocycles. The van der Waals surface area contributed by atoms with Crippen LogP contribution in [0, 0.1) is 11.3 Å². The number of methoxy groups -OCH3 is 2. The van der Waals surface area contributed by atoms with Crippen molar-refractivity contribution in [2.24, 2.45) is 0 Å². The van der Waals surface area contributed by atoms with E-state index < -0.39 is 32.4 Å². The van der Waals surface area contributed by atoms with Crippen LogP contribution in [-0.4, -0.2) is 69.1 Å². The Bertz CT molecular complexity index is 1950. The second-order valence-electron chi connectivity index (χ2n) is 14.7. The van der Waals surface area contributed by atoms with Gasteiger partial charge in [0.05, 0.1) is 53.1 Å². The minimum absolute atomic E-state index is 0.114. The third kappa shape index (κ3) is 10.3. The van der Waals surface area contributed by atoms with Gasteiger partial charge < -0.3 is 32.7 Å². The predicted octanol–water partition coefficient (Wildman–Crippen LogP) is 10.3. The number of ether oxygens (including phenoxy) is 5. The van der Waals surface area contributed by atoms with Crippen LogP contribution in [0.25, 0.3) is 11.1 Å². The second kappa shape index (κ2) is 20.9. The second-order valence-corrected chi connectivity index (χ2v) is 16.1. The van der Waals surface area contributed by atoms with Crippen LogP contribution in [0.5, 0.6) is 11.5 Å². The zero-order chi connectivity index (χ0) is 40.9. The Balaban J connectivity index is 1.34. The number of nitrogens with zero attached hydrogens (tertiary/aromatic N) is 2. The molecular formula is C48H55N2O7P. The maximum absolute atomic E-state index is 9.40. The lowest BCUT2D eigenvalue weighted by molar-refractivity contribution is -0.0726. The van der Waals surface area contributed by atoms with Crippen LogP contribution in [0.3, 0.4) is 0 Å². The molecule has 1 fully saturated rings. The average molecular weight is 803 g/mol.